The largest absolute Gasteiger partial charge is 0.494 e. The zero-order valence-electron chi connectivity index (χ0n) is 17.9. The van der Waals surface area contributed by atoms with Gasteiger partial charge in [-0.2, -0.15) is 0 Å². The number of benzene rings is 2. The number of nitrogens with one attached hydrogen (secondary N) is 1. The Kier molecular flexibility index (Phi) is 6.74. The van der Waals surface area contributed by atoms with Crippen LogP contribution in [0.25, 0.3) is 0 Å². The highest BCUT2D eigenvalue weighted by atomic mass is 32.2. The van der Waals surface area contributed by atoms with E-state index in [2.05, 4.69) is 4.83 Å². The van der Waals surface area contributed by atoms with E-state index in [1.807, 2.05) is 48.3 Å². The topological polar surface area (TPSA) is 75.7 Å². The number of Topliss-reactive ketones (excluding diaryl/α,β-unsaturated/α-hetero) is 1. The Hall–Kier alpha value is -2.22. The summed E-state index contributed by atoms with van der Waals surface area (Å²) in [5, 5.41) is 1.85. The van der Waals surface area contributed by atoms with E-state index < -0.39 is 10.0 Å². The molecule has 2 aromatic rings. The molecule has 0 unspecified atom stereocenters. The number of rotatable bonds is 10. The van der Waals surface area contributed by atoms with Gasteiger partial charge in [-0.3, -0.25) is 4.79 Å². The molecule has 2 aromatic carbocycles. The molecule has 2 fully saturated rings. The summed E-state index contributed by atoms with van der Waals surface area (Å²) in [5.41, 5.74) is 1.79. The molecule has 1 saturated heterocycles. The molecule has 1 heterocycles. The van der Waals surface area contributed by atoms with Crippen molar-refractivity contribution in [3.63, 3.8) is 0 Å². The van der Waals surface area contributed by atoms with Crippen molar-refractivity contribution >= 4 is 15.8 Å². The highest BCUT2D eigenvalue weighted by Crippen LogP contribution is 2.33. The Morgan fingerprint density at radius 3 is 2.45 bits per heavy atom. The van der Waals surface area contributed by atoms with Gasteiger partial charge < -0.3 is 4.74 Å². The van der Waals surface area contributed by atoms with E-state index in [0.717, 1.165) is 55.4 Å². The van der Waals surface area contributed by atoms with Crippen molar-refractivity contribution in [2.45, 2.75) is 56.4 Å². The summed E-state index contributed by atoms with van der Waals surface area (Å²) in [6.45, 7) is 3.21. The molecular formula is C24H30N2O4S. The van der Waals surface area contributed by atoms with Crippen molar-refractivity contribution in [3.8, 4) is 5.75 Å². The lowest BCUT2D eigenvalue weighted by Gasteiger charge is -2.25. The van der Waals surface area contributed by atoms with Gasteiger partial charge in [0.25, 0.3) is 10.0 Å². The molecule has 1 aliphatic carbocycles. The third kappa shape index (κ3) is 5.73. The number of hydrogen-bond acceptors (Lipinski definition) is 5. The summed E-state index contributed by atoms with van der Waals surface area (Å²) in [6, 6.07) is 14.5. The Morgan fingerprint density at radius 1 is 1.06 bits per heavy atom. The third-order valence-corrected chi connectivity index (χ3v) is 7.35. The predicted octanol–water partition coefficient (Wildman–Crippen LogP) is 4.10. The van der Waals surface area contributed by atoms with Gasteiger partial charge >= 0.3 is 0 Å². The normalized spacial score (nSPS) is 19.5. The number of carbonyl (C=O) groups is 1. The molecule has 7 heteroatoms. The number of carbonyl (C=O) groups excluding carboxylic acids is 1. The highest BCUT2D eigenvalue weighted by molar-refractivity contribution is 7.89. The van der Waals surface area contributed by atoms with Crippen LogP contribution in [0.4, 0.5) is 0 Å². The molecule has 1 atom stereocenters. The first-order chi connectivity index (χ1) is 14.9. The molecule has 4 rings (SSSR count). The second-order valence-corrected chi connectivity index (χ2v) is 10.2. The van der Waals surface area contributed by atoms with E-state index in [0.29, 0.717) is 13.2 Å². The van der Waals surface area contributed by atoms with E-state index in [4.69, 9.17) is 4.74 Å². The van der Waals surface area contributed by atoms with Crippen LogP contribution in [0.3, 0.4) is 0 Å². The molecule has 0 bridgehead atoms. The first kappa shape index (κ1) is 22.0. The van der Waals surface area contributed by atoms with Crippen LogP contribution < -0.4 is 9.57 Å². The summed E-state index contributed by atoms with van der Waals surface area (Å²) < 4.78 is 31.2. The van der Waals surface area contributed by atoms with Gasteiger partial charge in [0.05, 0.1) is 11.5 Å². The summed E-state index contributed by atoms with van der Waals surface area (Å²) >= 11 is 0. The first-order valence-electron chi connectivity index (χ1n) is 11.1. The van der Waals surface area contributed by atoms with E-state index >= 15 is 0 Å². The quantitative estimate of drug-likeness (QED) is 0.443. The van der Waals surface area contributed by atoms with Crippen molar-refractivity contribution in [2.75, 3.05) is 13.2 Å². The standard InChI is InChI=1S/C24H30N2O4S/c1-18-6-14-23(15-7-18)31(28,29)25-26-16-2-4-21(26)5-3-17-30-22-12-10-20(11-13-22)24(27)19-8-9-19/h6-7,10-15,19,21,25H,2-5,8-9,16-17H2,1H3/t21-/m1/s1. The van der Waals surface area contributed by atoms with Gasteiger partial charge in [0.15, 0.2) is 5.78 Å². The Labute approximate surface area is 184 Å². The van der Waals surface area contributed by atoms with Crippen molar-refractivity contribution in [2.24, 2.45) is 5.92 Å². The van der Waals surface area contributed by atoms with Gasteiger partial charge in [0, 0.05) is 24.1 Å². The summed E-state index contributed by atoms with van der Waals surface area (Å²) in [6.07, 6.45) is 5.64. The van der Waals surface area contributed by atoms with Crippen molar-refractivity contribution in [1.29, 1.82) is 0 Å². The molecule has 31 heavy (non-hydrogen) atoms. The van der Waals surface area contributed by atoms with Crippen LogP contribution in [0.2, 0.25) is 0 Å². The van der Waals surface area contributed by atoms with Crippen LogP contribution in [-0.2, 0) is 10.0 Å². The smallest absolute Gasteiger partial charge is 0.253 e. The third-order valence-electron chi connectivity index (χ3n) is 5.98. The second kappa shape index (κ2) is 9.51. The van der Waals surface area contributed by atoms with Gasteiger partial charge in [-0.15, -0.1) is 4.83 Å². The summed E-state index contributed by atoms with van der Waals surface area (Å²) in [7, 11) is -3.56. The zero-order valence-corrected chi connectivity index (χ0v) is 18.7. The molecular weight excluding hydrogens is 412 g/mol. The zero-order chi connectivity index (χ0) is 21.8. The minimum absolute atomic E-state index is 0.169. The van der Waals surface area contributed by atoms with Crippen LogP contribution in [0, 0.1) is 12.8 Å². The van der Waals surface area contributed by atoms with E-state index in [1.165, 1.54) is 0 Å². The molecule has 0 radical (unpaired) electrons. The van der Waals surface area contributed by atoms with Gasteiger partial charge in [-0.25, -0.2) is 13.4 Å². The number of ketones is 1. The molecule has 2 aliphatic rings. The Balaban J connectivity index is 1.23. The lowest BCUT2D eigenvalue weighted by atomic mass is 10.1. The molecule has 0 spiro atoms. The second-order valence-electron chi connectivity index (χ2n) is 8.55. The molecule has 1 aliphatic heterocycles. The van der Waals surface area contributed by atoms with Crippen LogP contribution in [0.1, 0.15) is 54.4 Å². The van der Waals surface area contributed by atoms with Crippen molar-refractivity contribution in [1.82, 2.24) is 9.84 Å². The minimum Gasteiger partial charge on any atom is -0.494 e. The Bertz CT molecular complexity index is 999. The molecule has 1 N–H and O–H groups in total. The number of hydrogen-bond donors (Lipinski definition) is 1. The lowest BCUT2D eigenvalue weighted by molar-refractivity contribution is 0.0967. The van der Waals surface area contributed by atoms with E-state index in [1.54, 1.807) is 12.1 Å². The number of hydrazine groups is 1. The maximum absolute atomic E-state index is 12.7. The fourth-order valence-corrected chi connectivity index (χ4v) is 5.14. The molecule has 0 aromatic heterocycles. The van der Waals surface area contributed by atoms with Gasteiger partial charge in [0.2, 0.25) is 0 Å². The molecule has 6 nitrogen and oxygen atoms in total. The number of nitrogens with zero attached hydrogens (tertiary/aromatic N) is 1. The SMILES string of the molecule is Cc1ccc(S(=O)(=O)NN2CCC[C@@H]2CCCOc2ccc(C(=O)C3CC3)cc2)cc1. The highest BCUT2D eigenvalue weighted by Gasteiger charge is 2.30. The number of aryl methyl sites for hydroxylation is 1. The average molecular weight is 443 g/mol. The fourth-order valence-electron chi connectivity index (χ4n) is 3.99. The minimum atomic E-state index is -3.56. The van der Waals surface area contributed by atoms with E-state index in [9.17, 15) is 13.2 Å². The maximum atomic E-state index is 12.7. The molecule has 166 valence electrons. The maximum Gasteiger partial charge on any atom is 0.253 e. The van der Waals surface area contributed by atoms with Crippen molar-refractivity contribution in [3.05, 3.63) is 59.7 Å². The van der Waals surface area contributed by atoms with Crippen LogP contribution in [0.15, 0.2) is 53.4 Å². The molecule has 1 saturated carbocycles. The number of sulfonamides is 1. The van der Waals surface area contributed by atoms with E-state index in [-0.39, 0.29) is 22.6 Å². The monoisotopic (exact) mass is 442 g/mol. The summed E-state index contributed by atoms with van der Waals surface area (Å²) in [5.74, 6) is 1.22. The van der Waals surface area contributed by atoms with Crippen LogP contribution >= 0.6 is 0 Å². The number of ether oxygens (including phenoxy) is 1. The van der Waals surface area contributed by atoms with Gasteiger partial charge in [-0.05, 0) is 81.8 Å². The predicted molar refractivity (Wildman–Crippen MR) is 119 cm³/mol. The average Bonchev–Trinajstić information content (AvgIpc) is 3.52. The Morgan fingerprint density at radius 2 is 1.77 bits per heavy atom. The summed E-state index contributed by atoms with van der Waals surface area (Å²) in [4.78, 5) is 15.1. The van der Waals surface area contributed by atoms with Crippen LogP contribution in [0.5, 0.6) is 5.75 Å². The first-order valence-corrected chi connectivity index (χ1v) is 12.5. The van der Waals surface area contributed by atoms with Crippen LogP contribution in [-0.4, -0.2) is 38.4 Å². The lowest BCUT2D eigenvalue weighted by Crippen LogP contribution is -2.45. The van der Waals surface area contributed by atoms with Gasteiger partial charge in [-0.1, -0.05) is 17.7 Å². The fraction of sp³-hybridized carbons (Fsp3) is 0.458. The molecule has 0 amide bonds. The van der Waals surface area contributed by atoms with Gasteiger partial charge in [0.1, 0.15) is 5.75 Å². The van der Waals surface area contributed by atoms with Crippen molar-refractivity contribution < 1.29 is 17.9 Å².